The summed E-state index contributed by atoms with van der Waals surface area (Å²) in [4.78, 5) is 0. The monoisotopic (exact) mass is 373 g/mol. The van der Waals surface area contributed by atoms with Gasteiger partial charge >= 0.3 is 0 Å². The molecule has 5 nitrogen and oxygen atoms in total. The number of hydrazone groups is 1. The predicted molar refractivity (Wildman–Crippen MR) is 105 cm³/mol. The van der Waals surface area contributed by atoms with E-state index < -0.39 is 0 Å². The van der Waals surface area contributed by atoms with Crippen molar-refractivity contribution in [2.45, 2.75) is 6.61 Å². The van der Waals surface area contributed by atoms with E-state index in [1.54, 1.807) is 37.6 Å². The van der Waals surface area contributed by atoms with E-state index in [4.69, 9.17) is 21.7 Å². The Morgan fingerprint density at radius 3 is 2.73 bits per heavy atom. The molecule has 0 unspecified atom stereocenters. The molecule has 0 aliphatic carbocycles. The third kappa shape index (κ3) is 5.86. The summed E-state index contributed by atoms with van der Waals surface area (Å²) in [6.07, 6.45) is 3.28. The van der Waals surface area contributed by atoms with Crippen LogP contribution in [-0.4, -0.2) is 25.0 Å². The van der Waals surface area contributed by atoms with Gasteiger partial charge < -0.3 is 14.8 Å². The van der Waals surface area contributed by atoms with Crippen molar-refractivity contribution in [3.63, 3.8) is 0 Å². The molecule has 0 bridgehead atoms. The minimum atomic E-state index is -0.286. The van der Waals surface area contributed by atoms with E-state index >= 15 is 0 Å². The van der Waals surface area contributed by atoms with Crippen LogP contribution < -0.4 is 20.2 Å². The second-order valence-corrected chi connectivity index (χ2v) is 5.57. The van der Waals surface area contributed by atoms with Crippen molar-refractivity contribution in [2.75, 3.05) is 13.7 Å². The fourth-order valence-corrected chi connectivity index (χ4v) is 2.19. The van der Waals surface area contributed by atoms with Gasteiger partial charge in [-0.2, -0.15) is 5.10 Å². The molecule has 0 aromatic heterocycles. The number of thiocarbonyl (C=S) groups is 1. The van der Waals surface area contributed by atoms with Crippen LogP contribution in [-0.2, 0) is 6.61 Å². The maximum atomic E-state index is 13.0. The first-order valence-corrected chi connectivity index (χ1v) is 8.27. The lowest BCUT2D eigenvalue weighted by atomic mass is 10.2. The van der Waals surface area contributed by atoms with Gasteiger partial charge in [0.05, 0.1) is 13.3 Å². The van der Waals surface area contributed by atoms with E-state index in [2.05, 4.69) is 22.4 Å². The smallest absolute Gasteiger partial charge is 0.187 e. The molecule has 0 aliphatic heterocycles. The van der Waals surface area contributed by atoms with Crippen molar-refractivity contribution in [3.8, 4) is 11.5 Å². The molecule has 0 saturated heterocycles. The highest BCUT2D eigenvalue weighted by Gasteiger charge is 2.10. The van der Waals surface area contributed by atoms with E-state index in [0.717, 1.165) is 5.56 Å². The zero-order valence-electron chi connectivity index (χ0n) is 14.4. The number of nitrogens with zero attached hydrogens (tertiary/aromatic N) is 1. The molecule has 0 saturated carbocycles. The summed E-state index contributed by atoms with van der Waals surface area (Å²) in [5.74, 6) is 0.823. The number of hydrogen-bond acceptors (Lipinski definition) is 4. The van der Waals surface area contributed by atoms with E-state index in [1.165, 1.54) is 12.1 Å². The van der Waals surface area contributed by atoms with Crippen LogP contribution in [0.3, 0.4) is 0 Å². The SMILES string of the molecule is C=CCNC(=S)N/N=C\c1cccc(OC)c1OCc1ccc(F)cc1. The molecule has 2 rings (SSSR count). The molecule has 26 heavy (non-hydrogen) atoms. The van der Waals surface area contributed by atoms with Crippen LogP contribution in [0.1, 0.15) is 11.1 Å². The molecule has 0 fully saturated rings. The van der Waals surface area contributed by atoms with Crippen molar-refractivity contribution in [2.24, 2.45) is 5.10 Å². The molecule has 0 spiro atoms. The summed E-state index contributed by atoms with van der Waals surface area (Å²) in [6.45, 7) is 4.42. The van der Waals surface area contributed by atoms with Crippen LogP contribution in [0.5, 0.6) is 11.5 Å². The van der Waals surface area contributed by atoms with Gasteiger partial charge in [-0.15, -0.1) is 6.58 Å². The normalized spacial score (nSPS) is 10.4. The molecule has 136 valence electrons. The van der Waals surface area contributed by atoms with Crippen molar-refractivity contribution in [1.82, 2.24) is 10.7 Å². The van der Waals surface area contributed by atoms with Gasteiger partial charge in [-0.1, -0.05) is 24.3 Å². The Morgan fingerprint density at radius 2 is 2.04 bits per heavy atom. The lowest BCUT2D eigenvalue weighted by Gasteiger charge is -2.13. The summed E-state index contributed by atoms with van der Waals surface area (Å²) in [7, 11) is 1.56. The van der Waals surface area contributed by atoms with E-state index in [1.807, 2.05) is 12.1 Å². The lowest BCUT2D eigenvalue weighted by Crippen LogP contribution is -2.31. The number of methoxy groups -OCH3 is 1. The van der Waals surface area contributed by atoms with Gasteiger partial charge in [0.1, 0.15) is 12.4 Å². The molecular weight excluding hydrogens is 353 g/mol. The van der Waals surface area contributed by atoms with E-state index in [-0.39, 0.29) is 12.4 Å². The molecule has 0 amide bonds. The highest BCUT2D eigenvalue weighted by Crippen LogP contribution is 2.30. The topological polar surface area (TPSA) is 54.9 Å². The number of nitrogens with one attached hydrogen (secondary N) is 2. The first-order valence-electron chi connectivity index (χ1n) is 7.86. The van der Waals surface area contributed by atoms with Crippen LogP contribution in [0.4, 0.5) is 4.39 Å². The first-order chi connectivity index (χ1) is 12.6. The Bertz CT molecular complexity index is 779. The summed E-state index contributed by atoms with van der Waals surface area (Å²) in [5.41, 5.74) is 4.27. The molecule has 2 aromatic rings. The van der Waals surface area contributed by atoms with Crippen molar-refractivity contribution in [3.05, 3.63) is 72.1 Å². The second-order valence-electron chi connectivity index (χ2n) is 5.16. The Kier molecular flexibility index (Phi) is 7.57. The van der Waals surface area contributed by atoms with Gasteiger partial charge in [-0.25, -0.2) is 4.39 Å². The van der Waals surface area contributed by atoms with Gasteiger partial charge in [0.15, 0.2) is 16.6 Å². The first kappa shape index (κ1) is 19.4. The zero-order chi connectivity index (χ0) is 18.8. The molecular formula is C19H20FN3O2S. The van der Waals surface area contributed by atoms with E-state index in [9.17, 15) is 4.39 Å². The van der Waals surface area contributed by atoms with Gasteiger partial charge in [0.25, 0.3) is 0 Å². The van der Waals surface area contributed by atoms with Crippen molar-refractivity contribution >= 4 is 23.5 Å². The largest absolute Gasteiger partial charge is 0.493 e. The Hall–Kier alpha value is -2.93. The number of halogens is 1. The molecule has 0 radical (unpaired) electrons. The average Bonchev–Trinajstić information content (AvgIpc) is 2.66. The fourth-order valence-electron chi connectivity index (χ4n) is 2.05. The molecule has 0 aliphatic rings. The maximum Gasteiger partial charge on any atom is 0.187 e. The number of rotatable bonds is 8. The van der Waals surface area contributed by atoms with Gasteiger partial charge in [0.2, 0.25) is 0 Å². The van der Waals surface area contributed by atoms with Crippen molar-refractivity contribution in [1.29, 1.82) is 0 Å². The molecule has 2 aromatic carbocycles. The van der Waals surface area contributed by atoms with Crippen LogP contribution in [0.2, 0.25) is 0 Å². The molecule has 7 heteroatoms. The van der Waals surface area contributed by atoms with Crippen LogP contribution in [0.15, 0.2) is 60.2 Å². The Morgan fingerprint density at radius 1 is 1.27 bits per heavy atom. The van der Waals surface area contributed by atoms with Gasteiger partial charge in [-0.3, -0.25) is 5.43 Å². The standard InChI is InChI=1S/C19H20FN3O2S/c1-3-11-21-19(26)23-22-12-15-5-4-6-17(24-2)18(15)25-13-14-7-9-16(20)10-8-14/h3-10,12H,1,11,13H2,2H3,(H2,21,23,26)/b22-12-. The fraction of sp³-hybridized carbons (Fsp3) is 0.158. The Balaban J connectivity index is 2.09. The minimum Gasteiger partial charge on any atom is -0.493 e. The summed E-state index contributed by atoms with van der Waals surface area (Å²) in [6, 6.07) is 11.6. The van der Waals surface area contributed by atoms with E-state index in [0.29, 0.717) is 28.7 Å². The quantitative estimate of drug-likeness (QED) is 0.321. The number of ether oxygens (including phenoxy) is 2. The Labute approximate surface area is 157 Å². The number of hydrogen-bond donors (Lipinski definition) is 2. The highest BCUT2D eigenvalue weighted by atomic mass is 32.1. The third-order valence-electron chi connectivity index (χ3n) is 3.30. The molecule has 0 heterocycles. The van der Waals surface area contributed by atoms with Gasteiger partial charge in [-0.05, 0) is 42.0 Å². The zero-order valence-corrected chi connectivity index (χ0v) is 15.2. The number of para-hydroxylation sites is 1. The summed E-state index contributed by atoms with van der Waals surface area (Å²) >= 11 is 5.07. The second kappa shape index (κ2) is 10.1. The minimum absolute atomic E-state index is 0.272. The lowest BCUT2D eigenvalue weighted by molar-refractivity contribution is 0.284. The third-order valence-corrected chi connectivity index (χ3v) is 3.54. The van der Waals surface area contributed by atoms with Crippen molar-refractivity contribution < 1.29 is 13.9 Å². The maximum absolute atomic E-state index is 13.0. The summed E-state index contributed by atoms with van der Waals surface area (Å²) in [5, 5.41) is 7.39. The highest BCUT2D eigenvalue weighted by molar-refractivity contribution is 7.80. The molecule has 0 atom stereocenters. The number of benzene rings is 2. The molecule has 2 N–H and O–H groups in total. The average molecular weight is 373 g/mol. The van der Waals surface area contributed by atoms with Crippen LogP contribution >= 0.6 is 12.2 Å². The van der Waals surface area contributed by atoms with Gasteiger partial charge in [0, 0.05) is 12.1 Å². The predicted octanol–water partition coefficient (Wildman–Crippen LogP) is 3.40. The summed E-state index contributed by atoms with van der Waals surface area (Å²) < 4.78 is 24.2. The van der Waals surface area contributed by atoms with Crippen LogP contribution in [0.25, 0.3) is 0 Å². The van der Waals surface area contributed by atoms with Crippen LogP contribution in [0, 0.1) is 5.82 Å².